The van der Waals surface area contributed by atoms with Gasteiger partial charge in [-0.1, -0.05) is 54.1 Å². The second kappa shape index (κ2) is 7.90. The van der Waals surface area contributed by atoms with Gasteiger partial charge < -0.3 is 9.15 Å². The van der Waals surface area contributed by atoms with Gasteiger partial charge in [0.2, 0.25) is 0 Å². The predicted molar refractivity (Wildman–Crippen MR) is 110 cm³/mol. The quantitative estimate of drug-likeness (QED) is 0.447. The van der Waals surface area contributed by atoms with E-state index in [0.717, 1.165) is 22.9 Å². The zero-order chi connectivity index (χ0) is 19.5. The van der Waals surface area contributed by atoms with E-state index in [0.29, 0.717) is 35.5 Å². The Hall–Kier alpha value is -3.05. The maximum atomic E-state index is 12.1. The Morgan fingerprint density at radius 1 is 0.893 bits per heavy atom. The summed E-state index contributed by atoms with van der Waals surface area (Å²) in [5.74, 6) is 0.148. The summed E-state index contributed by atoms with van der Waals surface area (Å²) in [5, 5.41) is 2.87. The van der Waals surface area contributed by atoms with E-state index in [2.05, 4.69) is 0 Å². The topological polar surface area (TPSA) is 61.4 Å². The monoisotopic (exact) mass is 395 g/mol. The highest BCUT2D eigenvalue weighted by molar-refractivity contribution is 6.35. The lowest BCUT2D eigenvalue weighted by atomic mass is 10.1. The van der Waals surface area contributed by atoms with Crippen LogP contribution in [-0.4, -0.2) is 11.2 Å². The highest BCUT2D eigenvalue weighted by Gasteiger charge is 2.12. The minimum Gasteiger partial charge on any atom is -0.493 e. The third-order valence-electron chi connectivity index (χ3n) is 4.66. The van der Waals surface area contributed by atoms with Gasteiger partial charge in [0.1, 0.15) is 5.75 Å². The van der Waals surface area contributed by atoms with Crippen molar-refractivity contribution in [2.75, 3.05) is 6.61 Å². The van der Waals surface area contributed by atoms with Crippen LogP contribution in [0.3, 0.4) is 0 Å². The van der Waals surface area contributed by atoms with Gasteiger partial charge in [-0.15, -0.1) is 0 Å². The molecule has 0 spiro atoms. The number of aromatic nitrogens is 1. The van der Waals surface area contributed by atoms with Gasteiger partial charge in [-0.2, -0.15) is 0 Å². The summed E-state index contributed by atoms with van der Waals surface area (Å²) in [4.78, 5) is 24.0. The normalized spacial score (nSPS) is 11.2. The van der Waals surface area contributed by atoms with E-state index < -0.39 is 11.4 Å². The Balaban J connectivity index is 1.45. The minimum atomic E-state index is -0.694. The van der Waals surface area contributed by atoms with Crippen LogP contribution in [0.2, 0.25) is 5.02 Å². The fourth-order valence-corrected chi connectivity index (χ4v) is 3.59. The first-order chi connectivity index (χ1) is 13.6. The Morgan fingerprint density at radius 2 is 1.64 bits per heavy atom. The molecule has 0 atom stereocenters. The molecule has 0 amide bonds. The Morgan fingerprint density at radius 3 is 2.54 bits per heavy atom. The van der Waals surface area contributed by atoms with Crippen LogP contribution in [0.1, 0.15) is 12.8 Å². The maximum Gasteiger partial charge on any atom is 0.422 e. The average molecular weight is 396 g/mol. The fourth-order valence-electron chi connectivity index (χ4n) is 3.31. The van der Waals surface area contributed by atoms with Gasteiger partial charge in [0, 0.05) is 11.9 Å². The lowest BCUT2D eigenvalue weighted by molar-refractivity contribution is 0.304. The molecule has 0 unspecified atom stereocenters. The number of hydrogen-bond donors (Lipinski definition) is 0. The van der Waals surface area contributed by atoms with E-state index in [9.17, 15) is 9.59 Å². The maximum absolute atomic E-state index is 12.1. The van der Waals surface area contributed by atoms with E-state index in [-0.39, 0.29) is 0 Å². The van der Waals surface area contributed by atoms with Gasteiger partial charge in [-0.25, -0.2) is 9.59 Å². The molecule has 6 heteroatoms. The zero-order valence-electron chi connectivity index (χ0n) is 15.1. The molecule has 0 saturated carbocycles. The number of ether oxygens (including phenoxy) is 1. The van der Waals surface area contributed by atoms with Gasteiger partial charge in [0.25, 0.3) is 0 Å². The molecule has 0 aliphatic rings. The molecule has 28 heavy (non-hydrogen) atoms. The van der Waals surface area contributed by atoms with E-state index in [1.807, 2.05) is 42.5 Å². The first-order valence-electron chi connectivity index (χ1n) is 9.08. The molecule has 1 heterocycles. The molecule has 0 radical (unpaired) electrons. The van der Waals surface area contributed by atoms with Crippen LogP contribution in [0.4, 0.5) is 0 Å². The summed E-state index contributed by atoms with van der Waals surface area (Å²) in [6.45, 7) is 0.910. The molecule has 1 aromatic heterocycles. The van der Waals surface area contributed by atoms with E-state index in [1.54, 1.807) is 18.2 Å². The first kappa shape index (κ1) is 18.3. The smallest absolute Gasteiger partial charge is 0.422 e. The summed E-state index contributed by atoms with van der Waals surface area (Å²) in [5.41, 5.74) is -0.251. The standard InChI is InChI=1S/C22H18ClNO4/c23-18-11-6-10-17-20(18)24(22(26)28-21(17)25)13-3-4-14-27-19-12-5-8-15-7-1-2-9-16(15)19/h1-2,5-12H,3-4,13-14H2. The summed E-state index contributed by atoms with van der Waals surface area (Å²) in [6.07, 6.45) is 1.42. The first-order valence-corrected chi connectivity index (χ1v) is 9.46. The molecule has 4 rings (SSSR count). The highest BCUT2D eigenvalue weighted by atomic mass is 35.5. The number of rotatable bonds is 6. The highest BCUT2D eigenvalue weighted by Crippen LogP contribution is 2.25. The second-order valence-corrected chi connectivity index (χ2v) is 6.88. The van der Waals surface area contributed by atoms with Crippen molar-refractivity contribution in [2.45, 2.75) is 19.4 Å². The SMILES string of the molecule is O=c1oc(=O)n(CCCCOc2cccc3ccccc23)c2c(Cl)cccc12. The third-order valence-corrected chi connectivity index (χ3v) is 4.97. The number of para-hydroxylation sites is 1. The number of benzene rings is 3. The van der Waals surface area contributed by atoms with Crippen molar-refractivity contribution in [1.29, 1.82) is 0 Å². The summed E-state index contributed by atoms with van der Waals surface area (Å²) in [6, 6.07) is 19.0. The van der Waals surface area contributed by atoms with Crippen LogP contribution < -0.4 is 16.1 Å². The van der Waals surface area contributed by atoms with E-state index in [1.165, 1.54) is 4.57 Å². The molecule has 142 valence electrons. The van der Waals surface area contributed by atoms with Gasteiger partial charge in [0.05, 0.1) is 22.5 Å². The predicted octanol–water partition coefficient (Wildman–Crippen LogP) is 4.62. The Kier molecular flexibility index (Phi) is 5.17. The summed E-state index contributed by atoms with van der Waals surface area (Å²) >= 11 is 6.22. The largest absolute Gasteiger partial charge is 0.493 e. The van der Waals surface area contributed by atoms with Crippen molar-refractivity contribution in [3.8, 4) is 5.75 Å². The molecular formula is C22H18ClNO4. The zero-order valence-corrected chi connectivity index (χ0v) is 15.8. The van der Waals surface area contributed by atoms with Crippen LogP contribution in [0, 0.1) is 0 Å². The third kappa shape index (κ3) is 3.53. The van der Waals surface area contributed by atoms with Crippen molar-refractivity contribution < 1.29 is 9.15 Å². The number of nitrogens with zero attached hydrogens (tertiary/aromatic N) is 1. The van der Waals surface area contributed by atoms with Crippen LogP contribution >= 0.6 is 11.6 Å². The lowest BCUT2D eigenvalue weighted by Gasteiger charge is -2.11. The summed E-state index contributed by atoms with van der Waals surface area (Å²) < 4.78 is 12.2. The van der Waals surface area contributed by atoms with Crippen molar-refractivity contribution >= 4 is 33.3 Å². The molecule has 0 N–H and O–H groups in total. The molecule has 0 saturated heterocycles. The molecule has 4 aromatic rings. The van der Waals surface area contributed by atoms with Crippen LogP contribution in [-0.2, 0) is 6.54 Å². The number of halogens is 1. The second-order valence-electron chi connectivity index (χ2n) is 6.48. The van der Waals surface area contributed by atoms with E-state index in [4.69, 9.17) is 20.8 Å². The molecule has 0 aliphatic heterocycles. The molecule has 0 fully saturated rings. The number of hydrogen-bond acceptors (Lipinski definition) is 4. The molecule has 3 aromatic carbocycles. The fraction of sp³-hybridized carbons (Fsp3) is 0.182. The molecule has 0 aliphatic carbocycles. The Bertz CT molecular complexity index is 1250. The van der Waals surface area contributed by atoms with Crippen LogP contribution in [0.5, 0.6) is 5.75 Å². The van der Waals surface area contributed by atoms with Gasteiger partial charge in [-0.05, 0) is 36.4 Å². The molecule has 5 nitrogen and oxygen atoms in total. The minimum absolute atomic E-state index is 0.305. The van der Waals surface area contributed by atoms with Crippen LogP contribution in [0.25, 0.3) is 21.7 Å². The van der Waals surface area contributed by atoms with Gasteiger partial charge in [-0.3, -0.25) is 4.57 Å². The van der Waals surface area contributed by atoms with Crippen molar-refractivity contribution in [3.05, 3.63) is 86.7 Å². The number of fused-ring (bicyclic) bond motifs is 2. The van der Waals surface area contributed by atoms with Crippen molar-refractivity contribution in [3.63, 3.8) is 0 Å². The van der Waals surface area contributed by atoms with Gasteiger partial charge >= 0.3 is 11.4 Å². The van der Waals surface area contributed by atoms with E-state index >= 15 is 0 Å². The summed E-state index contributed by atoms with van der Waals surface area (Å²) in [7, 11) is 0. The number of unbranched alkanes of at least 4 members (excludes halogenated alkanes) is 1. The van der Waals surface area contributed by atoms with Crippen molar-refractivity contribution in [2.24, 2.45) is 0 Å². The average Bonchev–Trinajstić information content (AvgIpc) is 2.70. The number of aryl methyl sites for hydroxylation is 1. The van der Waals surface area contributed by atoms with Crippen LogP contribution in [0.15, 0.2) is 74.7 Å². The lowest BCUT2D eigenvalue weighted by Crippen LogP contribution is -2.25. The van der Waals surface area contributed by atoms with Gasteiger partial charge in [0.15, 0.2) is 0 Å². The molecular weight excluding hydrogens is 378 g/mol. The Labute approximate surface area is 165 Å². The van der Waals surface area contributed by atoms with Crippen molar-refractivity contribution in [1.82, 2.24) is 4.57 Å². The molecule has 0 bridgehead atoms.